The molecule has 2 aromatic heterocycles. The Morgan fingerprint density at radius 3 is 2.84 bits per heavy atom. The number of aromatic nitrogens is 5. The third kappa shape index (κ3) is 3.28. The Bertz CT molecular complexity index is 825. The molecule has 1 saturated heterocycles. The zero-order valence-corrected chi connectivity index (χ0v) is 15.4. The Labute approximate surface area is 151 Å². The van der Waals surface area contributed by atoms with E-state index >= 15 is 0 Å². The fourth-order valence-electron chi connectivity index (χ4n) is 3.35. The van der Waals surface area contributed by atoms with Gasteiger partial charge in [-0.05, 0) is 26.7 Å². The number of piperidine rings is 1. The highest BCUT2D eigenvalue weighted by molar-refractivity contribution is 7.09. The highest BCUT2D eigenvalue weighted by Crippen LogP contribution is 2.32. The van der Waals surface area contributed by atoms with Crippen molar-refractivity contribution in [1.29, 1.82) is 0 Å². The van der Waals surface area contributed by atoms with E-state index in [1.54, 1.807) is 0 Å². The average molecular weight is 354 g/mol. The molecule has 6 nitrogen and oxygen atoms in total. The van der Waals surface area contributed by atoms with Crippen molar-refractivity contribution in [2.45, 2.75) is 38.6 Å². The number of nitrogens with zero attached hydrogens (tertiary/aromatic N) is 6. The van der Waals surface area contributed by atoms with Gasteiger partial charge >= 0.3 is 0 Å². The Morgan fingerprint density at radius 2 is 2.04 bits per heavy atom. The van der Waals surface area contributed by atoms with Crippen LogP contribution in [-0.2, 0) is 0 Å². The number of benzene rings is 1. The van der Waals surface area contributed by atoms with E-state index in [2.05, 4.69) is 50.0 Å². The van der Waals surface area contributed by atoms with Crippen molar-refractivity contribution in [2.75, 3.05) is 18.0 Å². The van der Waals surface area contributed by atoms with Gasteiger partial charge in [0.2, 0.25) is 5.13 Å². The second-order valence-electron chi connectivity index (χ2n) is 6.74. The van der Waals surface area contributed by atoms with Gasteiger partial charge in [0.25, 0.3) is 0 Å². The highest BCUT2D eigenvalue weighted by Gasteiger charge is 2.27. The van der Waals surface area contributed by atoms with E-state index in [-0.39, 0.29) is 0 Å². The summed E-state index contributed by atoms with van der Waals surface area (Å²) >= 11 is 1.48. The summed E-state index contributed by atoms with van der Waals surface area (Å²) in [5.41, 5.74) is 1.07. The molecule has 1 aliphatic rings. The van der Waals surface area contributed by atoms with Crippen LogP contribution in [0.15, 0.2) is 36.7 Å². The van der Waals surface area contributed by atoms with E-state index in [9.17, 15) is 0 Å². The van der Waals surface area contributed by atoms with Crippen molar-refractivity contribution < 1.29 is 0 Å². The molecule has 1 atom stereocenters. The second kappa shape index (κ2) is 6.92. The zero-order chi connectivity index (χ0) is 17.2. The summed E-state index contributed by atoms with van der Waals surface area (Å²) in [7, 11) is 0. The van der Waals surface area contributed by atoms with Crippen molar-refractivity contribution in [2.24, 2.45) is 0 Å². The molecule has 0 spiro atoms. The molecule has 1 fully saturated rings. The largest absolute Gasteiger partial charge is 0.346 e. The lowest BCUT2D eigenvalue weighted by Gasteiger charge is -2.32. The van der Waals surface area contributed by atoms with Crippen LogP contribution in [0.5, 0.6) is 0 Å². The Hall–Kier alpha value is -2.28. The zero-order valence-electron chi connectivity index (χ0n) is 14.5. The molecule has 1 aromatic carbocycles. The van der Waals surface area contributed by atoms with Crippen LogP contribution >= 0.6 is 11.5 Å². The minimum atomic E-state index is 0.381. The van der Waals surface area contributed by atoms with Gasteiger partial charge < -0.3 is 9.47 Å². The van der Waals surface area contributed by atoms with E-state index in [4.69, 9.17) is 4.98 Å². The van der Waals surface area contributed by atoms with Gasteiger partial charge in [-0.25, -0.2) is 0 Å². The fourth-order valence-corrected chi connectivity index (χ4v) is 4.07. The summed E-state index contributed by atoms with van der Waals surface area (Å²) in [6.45, 7) is 6.29. The normalized spacial score (nSPS) is 18.0. The van der Waals surface area contributed by atoms with Gasteiger partial charge in [0.1, 0.15) is 12.2 Å². The quantitative estimate of drug-likeness (QED) is 0.714. The van der Waals surface area contributed by atoms with E-state index in [1.165, 1.54) is 11.5 Å². The lowest BCUT2D eigenvalue weighted by atomic mass is 9.97. The van der Waals surface area contributed by atoms with Gasteiger partial charge in [-0.2, -0.15) is 9.36 Å². The first kappa shape index (κ1) is 16.2. The van der Waals surface area contributed by atoms with Gasteiger partial charge in [-0.15, -0.1) is 10.2 Å². The van der Waals surface area contributed by atoms with Crippen molar-refractivity contribution >= 4 is 16.7 Å². The summed E-state index contributed by atoms with van der Waals surface area (Å²) in [5, 5.41) is 9.52. The third-order valence-corrected chi connectivity index (χ3v) is 5.44. The fraction of sp³-hybridized carbons (Fsp3) is 0.444. The summed E-state index contributed by atoms with van der Waals surface area (Å²) in [6.07, 6.45) is 4.12. The third-order valence-electron chi connectivity index (χ3n) is 4.66. The number of anilines is 1. The topological polar surface area (TPSA) is 59.7 Å². The van der Waals surface area contributed by atoms with Crippen LogP contribution in [0.1, 0.15) is 44.5 Å². The van der Waals surface area contributed by atoms with E-state index < -0.39 is 0 Å². The molecule has 0 saturated carbocycles. The number of hydrogen-bond donors (Lipinski definition) is 0. The summed E-state index contributed by atoms with van der Waals surface area (Å²) < 4.78 is 6.74. The molecule has 0 N–H and O–H groups in total. The molecule has 0 bridgehead atoms. The number of hydrogen-bond acceptors (Lipinski definition) is 6. The van der Waals surface area contributed by atoms with Gasteiger partial charge in [0.05, 0.1) is 0 Å². The maximum Gasteiger partial charge on any atom is 0.205 e. The summed E-state index contributed by atoms with van der Waals surface area (Å²) in [5.74, 6) is 2.29. The highest BCUT2D eigenvalue weighted by atomic mass is 32.1. The average Bonchev–Trinajstić information content (AvgIpc) is 3.32. The molecule has 7 heteroatoms. The Kier molecular flexibility index (Phi) is 4.48. The van der Waals surface area contributed by atoms with E-state index in [0.717, 1.165) is 48.3 Å². The molecular weight excluding hydrogens is 332 g/mol. The molecule has 3 aromatic rings. The predicted molar refractivity (Wildman–Crippen MR) is 99.9 cm³/mol. The van der Waals surface area contributed by atoms with Crippen LogP contribution in [-0.4, -0.2) is 37.2 Å². The van der Waals surface area contributed by atoms with Crippen LogP contribution in [0.25, 0.3) is 11.4 Å². The van der Waals surface area contributed by atoms with Crippen LogP contribution in [0.4, 0.5) is 5.13 Å². The van der Waals surface area contributed by atoms with Gasteiger partial charge in [-0.1, -0.05) is 30.3 Å². The standard InChI is InChI=1S/C18H22N6S/c1-13(2)24-12-19-21-17(24)15-9-6-10-23(11-15)18-20-16(22-25-18)14-7-4-3-5-8-14/h3-5,7-8,12-13,15H,6,9-11H2,1-2H3. The van der Waals surface area contributed by atoms with Crippen molar-refractivity contribution in [3.8, 4) is 11.4 Å². The lowest BCUT2D eigenvalue weighted by Crippen LogP contribution is -2.35. The minimum absolute atomic E-state index is 0.381. The molecule has 0 radical (unpaired) electrons. The van der Waals surface area contributed by atoms with Crippen molar-refractivity contribution in [1.82, 2.24) is 24.1 Å². The first-order valence-electron chi connectivity index (χ1n) is 8.76. The summed E-state index contributed by atoms with van der Waals surface area (Å²) in [4.78, 5) is 7.11. The maximum absolute atomic E-state index is 4.77. The molecule has 0 amide bonds. The minimum Gasteiger partial charge on any atom is -0.346 e. The summed E-state index contributed by atoms with van der Waals surface area (Å²) in [6, 6.07) is 10.5. The van der Waals surface area contributed by atoms with Gasteiger partial charge in [0, 0.05) is 42.1 Å². The van der Waals surface area contributed by atoms with Gasteiger partial charge in [-0.3, -0.25) is 0 Å². The number of rotatable bonds is 4. The van der Waals surface area contributed by atoms with Crippen molar-refractivity contribution in [3.05, 3.63) is 42.5 Å². The van der Waals surface area contributed by atoms with Crippen LogP contribution in [0.3, 0.4) is 0 Å². The van der Waals surface area contributed by atoms with Crippen LogP contribution in [0, 0.1) is 0 Å². The lowest BCUT2D eigenvalue weighted by molar-refractivity contribution is 0.454. The van der Waals surface area contributed by atoms with Crippen LogP contribution < -0.4 is 4.90 Å². The first-order chi connectivity index (χ1) is 12.2. The molecule has 130 valence electrons. The maximum atomic E-state index is 4.77. The molecule has 25 heavy (non-hydrogen) atoms. The Balaban J connectivity index is 1.54. The smallest absolute Gasteiger partial charge is 0.205 e. The Morgan fingerprint density at radius 1 is 1.20 bits per heavy atom. The van der Waals surface area contributed by atoms with Crippen molar-refractivity contribution in [3.63, 3.8) is 0 Å². The SMILES string of the molecule is CC(C)n1cnnc1C1CCCN(c2nc(-c3ccccc3)ns2)C1. The monoisotopic (exact) mass is 354 g/mol. The molecular formula is C18H22N6S. The molecule has 3 heterocycles. The van der Waals surface area contributed by atoms with E-state index in [1.807, 2.05) is 24.5 Å². The molecule has 1 unspecified atom stereocenters. The first-order valence-corrected chi connectivity index (χ1v) is 9.53. The van der Waals surface area contributed by atoms with Crippen LogP contribution in [0.2, 0.25) is 0 Å². The molecule has 0 aliphatic carbocycles. The predicted octanol–water partition coefficient (Wildman–Crippen LogP) is 3.76. The molecule has 1 aliphatic heterocycles. The van der Waals surface area contributed by atoms with Gasteiger partial charge in [0.15, 0.2) is 5.82 Å². The molecule has 4 rings (SSSR count). The second-order valence-corrected chi connectivity index (χ2v) is 7.47. The van der Waals surface area contributed by atoms with E-state index in [0.29, 0.717) is 12.0 Å².